The molecule has 2 aromatic rings. The van der Waals surface area contributed by atoms with Gasteiger partial charge in [0.1, 0.15) is 5.69 Å². The summed E-state index contributed by atoms with van der Waals surface area (Å²) in [6.45, 7) is 4.54. The molecule has 2 rings (SSSR count). The standard InChI is InChI=1S/C16H18N2O/c1-12-7-4-5-9-14(12)11-18(3)16(19)15-10-6-8-13(2)17-15/h4-10H,11H2,1-3H3. The van der Waals surface area contributed by atoms with E-state index >= 15 is 0 Å². The van der Waals surface area contributed by atoms with E-state index in [2.05, 4.69) is 18.0 Å². The molecule has 1 aromatic carbocycles. The lowest BCUT2D eigenvalue weighted by Crippen LogP contribution is -2.27. The molecule has 0 atom stereocenters. The third kappa shape index (κ3) is 3.19. The Morgan fingerprint density at radius 2 is 1.84 bits per heavy atom. The maximum absolute atomic E-state index is 12.3. The van der Waals surface area contributed by atoms with Crippen molar-refractivity contribution >= 4 is 5.91 Å². The Kier molecular flexibility index (Phi) is 3.95. The molecule has 0 saturated carbocycles. The zero-order valence-corrected chi connectivity index (χ0v) is 11.6. The third-order valence-corrected chi connectivity index (χ3v) is 3.12. The molecule has 1 amide bonds. The average molecular weight is 254 g/mol. The van der Waals surface area contributed by atoms with E-state index < -0.39 is 0 Å². The van der Waals surface area contributed by atoms with Crippen LogP contribution in [0, 0.1) is 13.8 Å². The fourth-order valence-electron chi connectivity index (χ4n) is 1.97. The zero-order chi connectivity index (χ0) is 13.8. The van der Waals surface area contributed by atoms with Crippen LogP contribution in [-0.2, 0) is 6.54 Å². The van der Waals surface area contributed by atoms with E-state index in [9.17, 15) is 4.79 Å². The van der Waals surface area contributed by atoms with Crippen molar-refractivity contribution in [2.45, 2.75) is 20.4 Å². The predicted molar refractivity (Wildman–Crippen MR) is 76.0 cm³/mol. The molecule has 3 nitrogen and oxygen atoms in total. The maximum Gasteiger partial charge on any atom is 0.272 e. The molecule has 0 unspecified atom stereocenters. The average Bonchev–Trinajstić information content (AvgIpc) is 2.40. The SMILES string of the molecule is Cc1cccc(C(=O)N(C)Cc2ccccc2C)n1. The molecule has 0 aliphatic heterocycles. The van der Waals surface area contributed by atoms with Crippen LogP contribution in [0.1, 0.15) is 27.3 Å². The molecule has 1 aromatic heterocycles. The Hall–Kier alpha value is -2.16. The lowest BCUT2D eigenvalue weighted by atomic mass is 10.1. The molecule has 0 radical (unpaired) electrons. The molecule has 0 N–H and O–H groups in total. The highest BCUT2D eigenvalue weighted by Crippen LogP contribution is 2.11. The number of aryl methyl sites for hydroxylation is 2. The molecule has 0 saturated heterocycles. The summed E-state index contributed by atoms with van der Waals surface area (Å²) >= 11 is 0. The van der Waals surface area contributed by atoms with Gasteiger partial charge in [-0.2, -0.15) is 0 Å². The molecule has 0 aliphatic carbocycles. The second kappa shape index (κ2) is 5.65. The van der Waals surface area contributed by atoms with Gasteiger partial charge >= 0.3 is 0 Å². The number of rotatable bonds is 3. The third-order valence-electron chi connectivity index (χ3n) is 3.12. The first-order valence-corrected chi connectivity index (χ1v) is 6.31. The van der Waals surface area contributed by atoms with Gasteiger partial charge < -0.3 is 4.90 Å². The minimum Gasteiger partial charge on any atom is -0.336 e. The molecule has 0 aliphatic rings. The molecular weight excluding hydrogens is 236 g/mol. The van der Waals surface area contributed by atoms with Crippen LogP contribution in [-0.4, -0.2) is 22.8 Å². The normalized spacial score (nSPS) is 10.3. The van der Waals surface area contributed by atoms with Crippen LogP contribution >= 0.6 is 0 Å². The Labute approximate surface area is 113 Å². The van der Waals surface area contributed by atoms with Crippen LogP contribution in [0.3, 0.4) is 0 Å². The first-order valence-electron chi connectivity index (χ1n) is 6.31. The van der Waals surface area contributed by atoms with Crippen LogP contribution < -0.4 is 0 Å². The van der Waals surface area contributed by atoms with E-state index in [-0.39, 0.29) is 5.91 Å². The summed E-state index contributed by atoms with van der Waals surface area (Å²) in [5.41, 5.74) is 3.71. The quantitative estimate of drug-likeness (QED) is 0.843. The van der Waals surface area contributed by atoms with Crippen molar-refractivity contribution < 1.29 is 4.79 Å². The number of hydrogen-bond donors (Lipinski definition) is 0. The van der Waals surface area contributed by atoms with E-state index in [4.69, 9.17) is 0 Å². The van der Waals surface area contributed by atoms with Gasteiger partial charge in [0.15, 0.2) is 0 Å². The topological polar surface area (TPSA) is 33.2 Å². The molecule has 1 heterocycles. The lowest BCUT2D eigenvalue weighted by Gasteiger charge is -2.18. The predicted octanol–water partition coefficient (Wildman–Crippen LogP) is 2.97. The molecule has 0 fully saturated rings. The highest BCUT2D eigenvalue weighted by atomic mass is 16.2. The van der Waals surface area contributed by atoms with E-state index in [0.717, 1.165) is 11.3 Å². The summed E-state index contributed by atoms with van der Waals surface area (Å²) in [5.74, 6) is -0.0491. The number of carbonyl (C=O) groups excluding carboxylic acids is 1. The van der Waals surface area contributed by atoms with Gasteiger partial charge in [-0.1, -0.05) is 30.3 Å². The van der Waals surface area contributed by atoms with Crippen LogP contribution in [0.25, 0.3) is 0 Å². The molecule has 3 heteroatoms. The first kappa shape index (κ1) is 13.3. The van der Waals surface area contributed by atoms with E-state index in [0.29, 0.717) is 12.2 Å². The second-order valence-electron chi connectivity index (χ2n) is 4.75. The van der Waals surface area contributed by atoms with Gasteiger partial charge in [-0.25, -0.2) is 4.98 Å². The largest absolute Gasteiger partial charge is 0.336 e. The zero-order valence-electron chi connectivity index (χ0n) is 11.6. The maximum atomic E-state index is 12.3. The number of amides is 1. The molecule has 19 heavy (non-hydrogen) atoms. The van der Waals surface area contributed by atoms with Gasteiger partial charge in [0.05, 0.1) is 0 Å². The molecule has 0 spiro atoms. The fraction of sp³-hybridized carbons (Fsp3) is 0.250. The number of nitrogens with zero attached hydrogens (tertiary/aromatic N) is 2. The number of carbonyl (C=O) groups is 1. The smallest absolute Gasteiger partial charge is 0.272 e. The van der Waals surface area contributed by atoms with Crippen molar-refractivity contribution in [1.82, 2.24) is 9.88 Å². The molecule has 0 bridgehead atoms. The van der Waals surface area contributed by atoms with Crippen LogP contribution in [0.15, 0.2) is 42.5 Å². The summed E-state index contributed by atoms with van der Waals surface area (Å²) < 4.78 is 0. The highest BCUT2D eigenvalue weighted by Gasteiger charge is 2.13. The summed E-state index contributed by atoms with van der Waals surface area (Å²) in [6.07, 6.45) is 0. The molecular formula is C16H18N2O. The van der Waals surface area contributed by atoms with E-state index in [1.807, 2.05) is 37.3 Å². The van der Waals surface area contributed by atoms with Crippen molar-refractivity contribution in [2.24, 2.45) is 0 Å². The summed E-state index contributed by atoms with van der Waals surface area (Å²) in [7, 11) is 1.80. The van der Waals surface area contributed by atoms with Crippen molar-refractivity contribution in [3.05, 3.63) is 65.0 Å². The Bertz CT molecular complexity index is 593. The highest BCUT2D eigenvalue weighted by molar-refractivity contribution is 5.92. The Balaban J connectivity index is 2.14. The van der Waals surface area contributed by atoms with E-state index in [1.54, 1.807) is 18.0 Å². The van der Waals surface area contributed by atoms with Crippen molar-refractivity contribution in [2.75, 3.05) is 7.05 Å². The van der Waals surface area contributed by atoms with Gasteiger partial charge in [-0.3, -0.25) is 4.79 Å². The van der Waals surface area contributed by atoms with Crippen molar-refractivity contribution in [1.29, 1.82) is 0 Å². The van der Waals surface area contributed by atoms with Crippen LogP contribution in [0.2, 0.25) is 0 Å². The van der Waals surface area contributed by atoms with Gasteiger partial charge in [0.25, 0.3) is 5.91 Å². The number of benzene rings is 1. The van der Waals surface area contributed by atoms with Gasteiger partial charge in [-0.05, 0) is 37.1 Å². The number of aromatic nitrogens is 1. The summed E-state index contributed by atoms with van der Waals surface area (Å²) in [4.78, 5) is 18.2. The van der Waals surface area contributed by atoms with E-state index in [1.165, 1.54) is 5.56 Å². The Morgan fingerprint density at radius 3 is 2.53 bits per heavy atom. The van der Waals surface area contributed by atoms with Crippen molar-refractivity contribution in [3.8, 4) is 0 Å². The minimum absolute atomic E-state index is 0.0491. The number of pyridine rings is 1. The fourth-order valence-corrected chi connectivity index (χ4v) is 1.97. The van der Waals surface area contributed by atoms with Crippen LogP contribution in [0.5, 0.6) is 0 Å². The monoisotopic (exact) mass is 254 g/mol. The lowest BCUT2D eigenvalue weighted by molar-refractivity contribution is 0.0779. The second-order valence-corrected chi connectivity index (χ2v) is 4.75. The van der Waals surface area contributed by atoms with Gasteiger partial charge in [0.2, 0.25) is 0 Å². The number of hydrogen-bond acceptors (Lipinski definition) is 2. The van der Waals surface area contributed by atoms with Crippen LogP contribution in [0.4, 0.5) is 0 Å². The minimum atomic E-state index is -0.0491. The summed E-state index contributed by atoms with van der Waals surface area (Å²) in [5, 5.41) is 0. The van der Waals surface area contributed by atoms with Crippen molar-refractivity contribution in [3.63, 3.8) is 0 Å². The first-order chi connectivity index (χ1) is 9.08. The van der Waals surface area contributed by atoms with Gasteiger partial charge in [-0.15, -0.1) is 0 Å². The molecule has 98 valence electrons. The van der Waals surface area contributed by atoms with Gasteiger partial charge in [0, 0.05) is 19.3 Å². The Morgan fingerprint density at radius 1 is 1.11 bits per heavy atom. The summed E-state index contributed by atoms with van der Waals surface area (Å²) in [6, 6.07) is 13.6.